The number of anilines is 1. The van der Waals surface area contributed by atoms with Crippen LogP contribution in [-0.4, -0.2) is 25.4 Å². The molecule has 1 aliphatic heterocycles. The smallest absolute Gasteiger partial charge is 0.208 e. The van der Waals surface area contributed by atoms with E-state index in [9.17, 15) is 0 Å². The summed E-state index contributed by atoms with van der Waals surface area (Å²) in [6.07, 6.45) is 1.76. The first-order valence-corrected chi connectivity index (χ1v) is 14.5. The van der Waals surface area contributed by atoms with E-state index in [0.29, 0.717) is 11.5 Å². The fourth-order valence-electron chi connectivity index (χ4n) is 6.13. The maximum absolute atomic E-state index is 7.03. The lowest BCUT2D eigenvalue weighted by Gasteiger charge is -2.36. The van der Waals surface area contributed by atoms with E-state index < -0.39 is 5.54 Å². The summed E-state index contributed by atoms with van der Waals surface area (Å²) in [4.78, 5) is 10.6. The predicted octanol–water partition coefficient (Wildman–Crippen LogP) is 7.84. The van der Waals surface area contributed by atoms with Crippen LogP contribution in [0, 0.1) is 0 Å². The van der Waals surface area contributed by atoms with E-state index in [0.717, 1.165) is 60.4 Å². The standard InChI is InChI=1S/C33H22N6O2S/c1-4-11-23-20(8-1)18-26(35-23)31-30(25-15-16-34-36-25)33(39(41-31)29-14-7-17-42-29,28-19-21-9-2-6-13-27(21)40-28)32-22-10-3-5-12-24(22)37-38-32/h1-19,35H,(H,34,36)(H,37,38). The zero-order chi connectivity index (χ0) is 27.7. The Labute approximate surface area is 242 Å². The number of H-pyrrole nitrogens is 3. The number of nitrogens with zero attached hydrogens (tertiary/aromatic N) is 3. The first-order valence-electron chi connectivity index (χ1n) is 13.6. The number of hydrogen-bond donors (Lipinski definition) is 3. The number of aromatic amines is 3. The van der Waals surface area contributed by atoms with Gasteiger partial charge in [-0.05, 0) is 53.9 Å². The van der Waals surface area contributed by atoms with Gasteiger partial charge >= 0.3 is 0 Å². The van der Waals surface area contributed by atoms with Crippen molar-refractivity contribution in [1.29, 1.82) is 0 Å². The van der Waals surface area contributed by atoms with Gasteiger partial charge in [0.15, 0.2) is 5.76 Å². The van der Waals surface area contributed by atoms with Crippen LogP contribution in [0.3, 0.4) is 0 Å². The van der Waals surface area contributed by atoms with Crippen LogP contribution in [0.5, 0.6) is 0 Å². The molecule has 0 radical (unpaired) electrons. The molecule has 0 spiro atoms. The van der Waals surface area contributed by atoms with Crippen molar-refractivity contribution >= 4 is 60.4 Å². The lowest BCUT2D eigenvalue weighted by Crippen LogP contribution is -2.44. The molecule has 1 aliphatic rings. The molecule has 0 saturated heterocycles. The highest BCUT2D eigenvalue weighted by Crippen LogP contribution is 2.58. The average Bonchev–Trinajstić information content (AvgIpc) is 3.86. The molecular formula is C33H22N6O2S. The largest absolute Gasteiger partial charge is 0.458 e. The second-order valence-electron chi connectivity index (χ2n) is 10.3. The molecule has 9 heteroatoms. The minimum Gasteiger partial charge on any atom is -0.458 e. The Morgan fingerprint density at radius 2 is 1.64 bits per heavy atom. The summed E-state index contributed by atoms with van der Waals surface area (Å²) >= 11 is 1.59. The van der Waals surface area contributed by atoms with E-state index in [4.69, 9.17) is 14.4 Å². The molecule has 3 aromatic carbocycles. The van der Waals surface area contributed by atoms with E-state index in [2.05, 4.69) is 62.7 Å². The third-order valence-corrected chi connectivity index (χ3v) is 8.77. The van der Waals surface area contributed by atoms with Crippen LogP contribution in [0.15, 0.2) is 119 Å². The highest BCUT2D eigenvalue weighted by Gasteiger charge is 2.58. The van der Waals surface area contributed by atoms with Gasteiger partial charge in [-0.1, -0.05) is 54.6 Å². The molecule has 0 fully saturated rings. The molecule has 202 valence electrons. The van der Waals surface area contributed by atoms with E-state index in [1.54, 1.807) is 17.5 Å². The van der Waals surface area contributed by atoms with Gasteiger partial charge in [0.1, 0.15) is 16.3 Å². The van der Waals surface area contributed by atoms with Crippen molar-refractivity contribution in [3.63, 3.8) is 0 Å². The number of rotatable bonds is 5. The molecule has 8 aromatic rings. The Morgan fingerprint density at radius 3 is 2.48 bits per heavy atom. The van der Waals surface area contributed by atoms with Crippen molar-refractivity contribution in [2.45, 2.75) is 5.54 Å². The second kappa shape index (κ2) is 8.73. The minimum absolute atomic E-state index is 0.656. The van der Waals surface area contributed by atoms with Crippen LogP contribution in [0.25, 0.3) is 44.1 Å². The number of para-hydroxylation sites is 3. The van der Waals surface area contributed by atoms with Crippen molar-refractivity contribution in [2.24, 2.45) is 0 Å². The van der Waals surface area contributed by atoms with Gasteiger partial charge in [0.25, 0.3) is 0 Å². The molecule has 9 rings (SSSR count). The molecule has 8 nitrogen and oxygen atoms in total. The zero-order valence-corrected chi connectivity index (χ0v) is 22.9. The van der Waals surface area contributed by atoms with Crippen LogP contribution in [-0.2, 0) is 10.4 Å². The quantitative estimate of drug-likeness (QED) is 0.197. The van der Waals surface area contributed by atoms with Gasteiger partial charge in [-0.25, -0.2) is 0 Å². The van der Waals surface area contributed by atoms with Gasteiger partial charge in [-0.2, -0.15) is 15.3 Å². The Kier molecular flexibility index (Phi) is 4.82. The molecule has 0 aliphatic carbocycles. The topological polar surface area (TPSA) is 98.8 Å². The first-order chi connectivity index (χ1) is 20.8. The van der Waals surface area contributed by atoms with E-state index >= 15 is 0 Å². The molecule has 42 heavy (non-hydrogen) atoms. The molecule has 1 unspecified atom stereocenters. The molecule has 5 aromatic heterocycles. The van der Waals surface area contributed by atoms with E-state index in [1.807, 2.05) is 71.1 Å². The Morgan fingerprint density at radius 1 is 0.786 bits per heavy atom. The number of hydroxylamine groups is 1. The number of aromatic nitrogens is 5. The molecule has 6 heterocycles. The van der Waals surface area contributed by atoms with E-state index in [-0.39, 0.29) is 0 Å². The SMILES string of the molecule is c1csc(N2OC(c3cc4ccccc4[nH]3)=C(c3ccn[nH]3)C2(c2cc3ccccc3o2)c2[nH]nc3ccccc23)c1. The molecule has 0 saturated carbocycles. The lowest BCUT2D eigenvalue weighted by molar-refractivity contribution is 0.207. The molecule has 0 amide bonds. The van der Waals surface area contributed by atoms with E-state index in [1.165, 1.54) is 0 Å². The fraction of sp³-hybridized carbons (Fsp3) is 0.0303. The maximum Gasteiger partial charge on any atom is 0.208 e. The monoisotopic (exact) mass is 566 g/mol. The summed E-state index contributed by atoms with van der Waals surface area (Å²) in [7, 11) is 0. The van der Waals surface area contributed by atoms with Crippen molar-refractivity contribution in [2.75, 3.05) is 5.06 Å². The average molecular weight is 567 g/mol. The van der Waals surface area contributed by atoms with Gasteiger partial charge in [0.05, 0.1) is 28.2 Å². The van der Waals surface area contributed by atoms with Gasteiger partial charge in [-0.3, -0.25) is 10.2 Å². The van der Waals surface area contributed by atoms with Gasteiger partial charge < -0.3 is 14.2 Å². The van der Waals surface area contributed by atoms with Crippen molar-refractivity contribution in [1.82, 2.24) is 25.4 Å². The normalized spacial score (nSPS) is 17.2. The highest BCUT2D eigenvalue weighted by atomic mass is 32.1. The number of furan rings is 1. The Hall–Kier alpha value is -5.54. The maximum atomic E-state index is 7.03. The molecule has 0 bridgehead atoms. The summed E-state index contributed by atoms with van der Waals surface area (Å²) in [5.74, 6) is 1.34. The number of hydrogen-bond acceptors (Lipinski definition) is 6. The van der Waals surface area contributed by atoms with Crippen LogP contribution in [0.4, 0.5) is 5.00 Å². The Balaban J connectivity index is 1.47. The summed E-state index contributed by atoms with van der Waals surface area (Å²) in [6, 6.07) is 34.6. The third-order valence-electron chi connectivity index (χ3n) is 7.93. The van der Waals surface area contributed by atoms with Crippen LogP contribution >= 0.6 is 11.3 Å². The molecule has 3 N–H and O–H groups in total. The predicted molar refractivity (Wildman–Crippen MR) is 165 cm³/mol. The summed E-state index contributed by atoms with van der Waals surface area (Å²) in [6.45, 7) is 0. The number of nitrogens with one attached hydrogen (secondary N) is 3. The van der Waals surface area contributed by atoms with Gasteiger partial charge in [0, 0.05) is 27.9 Å². The summed E-state index contributed by atoms with van der Waals surface area (Å²) in [5, 5.41) is 23.7. The molecule has 1 atom stereocenters. The number of thiophene rings is 1. The fourth-order valence-corrected chi connectivity index (χ4v) is 6.85. The number of benzene rings is 3. The first kappa shape index (κ1) is 23.2. The van der Waals surface area contributed by atoms with Crippen molar-refractivity contribution in [3.05, 3.63) is 138 Å². The van der Waals surface area contributed by atoms with Crippen LogP contribution in [0.2, 0.25) is 0 Å². The third kappa shape index (κ3) is 3.16. The highest BCUT2D eigenvalue weighted by molar-refractivity contribution is 7.14. The Bertz CT molecular complexity index is 2190. The van der Waals surface area contributed by atoms with Crippen LogP contribution in [0.1, 0.15) is 22.8 Å². The second-order valence-corrected chi connectivity index (χ2v) is 11.2. The van der Waals surface area contributed by atoms with Gasteiger partial charge in [0.2, 0.25) is 5.54 Å². The molecular weight excluding hydrogens is 544 g/mol. The minimum atomic E-state index is -1.13. The number of fused-ring (bicyclic) bond motifs is 3. The lowest BCUT2D eigenvalue weighted by atomic mass is 9.79. The van der Waals surface area contributed by atoms with Gasteiger partial charge in [-0.15, -0.1) is 11.3 Å². The van der Waals surface area contributed by atoms with Crippen molar-refractivity contribution in [3.8, 4) is 0 Å². The van der Waals surface area contributed by atoms with Crippen molar-refractivity contribution < 1.29 is 9.25 Å². The van der Waals surface area contributed by atoms with Crippen LogP contribution < -0.4 is 5.06 Å². The summed E-state index contributed by atoms with van der Waals surface area (Å²) in [5.41, 5.74) is 4.81. The zero-order valence-electron chi connectivity index (χ0n) is 22.0. The summed E-state index contributed by atoms with van der Waals surface area (Å²) < 4.78 is 6.78.